The van der Waals surface area contributed by atoms with E-state index in [2.05, 4.69) is 0 Å². The van der Waals surface area contributed by atoms with Gasteiger partial charge in [-0.1, -0.05) is 0 Å². The third-order valence-corrected chi connectivity index (χ3v) is 0. The molecule has 0 aliphatic carbocycles. The fourth-order valence-electron chi connectivity index (χ4n) is 0. The van der Waals surface area contributed by atoms with Gasteiger partial charge in [0, 0.05) is 0 Å². The normalized spacial score (nSPS) is 1.85. The summed E-state index contributed by atoms with van der Waals surface area (Å²) in [4.78, 5) is 17.1. The van der Waals surface area contributed by atoms with Crippen LogP contribution >= 0.6 is 0 Å². The summed E-state index contributed by atoms with van der Waals surface area (Å²) in [5.74, 6) is 0. The van der Waals surface area contributed by atoms with E-state index in [1.165, 1.54) is 0 Å². The van der Waals surface area contributed by atoms with Crippen LogP contribution < -0.4 is 29.6 Å². The molecule has 23 nitrogen and oxygen atoms in total. The van der Waals surface area contributed by atoms with Crippen molar-refractivity contribution in [3.05, 3.63) is 0 Å². The van der Waals surface area contributed by atoms with Gasteiger partial charge in [-0.15, -0.1) is 0 Å². The SMILES string of the molecule is O.O.O.O.O.O.O.O.O.O.O.O.O.O.O.O.O.O=C(O)O.O=C(O)O.[H-].[Na+]. The summed E-state index contributed by atoms with van der Waals surface area (Å²) < 4.78 is 0. The molecular formula is C2H39NaO23. The second-order valence-corrected chi connectivity index (χ2v) is 0.565. The summed E-state index contributed by atoms with van der Waals surface area (Å²) in [5, 5.41) is 27.9. The topological polar surface area (TPSA) is 651 Å². The molecule has 0 spiro atoms. The van der Waals surface area contributed by atoms with Gasteiger partial charge in [0.1, 0.15) is 0 Å². The van der Waals surface area contributed by atoms with Crippen LogP contribution in [0.25, 0.3) is 0 Å². The van der Waals surface area contributed by atoms with Crippen molar-refractivity contribution >= 4 is 12.3 Å². The van der Waals surface area contributed by atoms with E-state index in [1.54, 1.807) is 0 Å². The van der Waals surface area contributed by atoms with Crippen LogP contribution in [0.2, 0.25) is 0 Å². The third kappa shape index (κ3) is 8410. The monoisotopic (exact) mass is 454 g/mol. The average molecular weight is 454 g/mol. The molecule has 0 fully saturated rings. The molecule has 0 saturated heterocycles. The van der Waals surface area contributed by atoms with E-state index in [0.29, 0.717) is 0 Å². The van der Waals surface area contributed by atoms with Crippen LogP contribution in [0.4, 0.5) is 9.59 Å². The van der Waals surface area contributed by atoms with Crippen molar-refractivity contribution in [2.45, 2.75) is 0 Å². The first kappa shape index (κ1) is 599. The molecule has 0 aromatic rings. The summed E-state index contributed by atoms with van der Waals surface area (Å²) in [6.45, 7) is 0. The van der Waals surface area contributed by atoms with E-state index < -0.39 is 12.3 Å². The van der Waals surface area contributed by atoms with Gasteiger partial charge in [-0.2, -0.15) is 0 Å². The van der Waals surface area contributed by atoms with Crippen molar-refractivity contribution < 1.29 is 154 Å². The van der Waals surface area contributed by atoms with Crippen LogP contribution in [0.15, 0.2) is 0 Å². The zero-order valence-corrected chi connectivity index (χ0v) is 15.1. The third-order valence-electron chi connectivity index (χ3n) is 0. The van der Waals surface area contributed by atoms with Crippen molar-refractivity contribution in [2.75, 3.05) is 0 Å². The Morgan fingerprint density at radius 1 is 0.346 bits per heavy atom. The van der Waals surface area contributed by atoms with Gasteiger partial charge in [0.05, 0.1) is 0 Å². The minimum absolute atomic E-state index is 0. The maximum Gasteiger partial charge on any atom is 1.00 e. The molecule has 0 aliphatic heterocycles. The summed E-state index contributed by atoms with van der Waals surface area (Å²) in [6, 6.07) is 0. The zero-order chi connectivity index (χ0) is 7.15. The van der Waals surface area contributed by atoms with Crippen molar-refractivity contribution in [1.82, 2.24) is 0 Å². The molecule has 0 radical (unpaired) electrons. The molecule has 0 aromatic heterocycles. The quantitative estimate of drug-likeness (QED) is 0.257. The number of carboxylic acid groups (broad SMARTS) is 4. The predicted octanol–water partition coefficient (Wildman–Crippen LogP) is -16.5. The van der Waals surface area contributed by atoms with Gasteiger partial charge >= 0.3 is 41.9 Å². The van der Waals surface area contributed by atoms with E-state index in [4.69, 9.17) is 30.0 Å². The van der Waals surface area contributed by atoms with Gasteiger partial charge in [0.15, 0.2) is 0 Å². The van der Waals surface area contributed by atoms with Crippen LogP contribution in [-0.4, -0.2) is 126 Å². The molecule has 0 aromatic carbocycles. The second kappa shape index (κ2) is 528. The summed E-state index contributed by atoms with van der Waals surface area (Å²) >= 11 is 0. The molecule has 0 aliphatic rings. The molecule has 24 heteroatoms. The molecule has 0 amide bonds. The van der Waals surface area contributed by atoms with Gasteiger partial charge in [0.2, 0.25) is 0 Å². The molecule has 0 heterocycles. The Hall–Kier alpha value is -1.14. The van der Waals surface area contributed by atoms with Gasteiger partial charge in [-0.25, -0.2) is 9.59 Å². The Balaban J connectivity index is -0.000000000824. The standard InChI is InChI=1S/2CH2O3.Na.17H2O.H/c2*2-1(3)4;;;;;;;;;;;;;;;;;;;/h2*(H2,2,3,4);;17*1H2;/q;;+1;;;;;;;;;;;;;;;;;;-1. The van der Waals surface area contributed by atoms with E-state index in [-0.39, 0.29) is 124 Å². The van der Waals surface area contributed by atoms with Crippen LogP contribution in [0.5, 0.6) is 0 Å². The Kier molecular flexibility index (Phi) is 12200. The molecule has 0 unspecified atom stereocenters. The van der Waals surface area contributed by atoms with Crippen LogP contribution in [0.3, 0.4) is 0 Å². The first-order valence-electron chi connectivity index (χ1n) is 1.30. The molecule has 0 saturated carbocycles. The van der Waals surface area contributed by atoms with E-state index in [0.717, 1.165) is 0 Å². The average Bonchev–Trinajstić information content (AvgIpc) is 1.25. The summed E-state index contributed by atoms with van der Waals surface area (Å²) in [5.41, 5.74) is 0. The Morgan fingerprint density at radius 3 is 0.346 bits per heavy atom. The van der Waals surface area contributed by atoms with Crippen molar-refractivity contribution in [3.63, 3.8) is 0 Å². The molecule has 0 rings (SSSR count). The largest absolute Gasteiger partial charge is 1.00 e. The number of carbonyl (C=O) groups is 2. The van der Waals surface area contributed by atoms with Crippen LogP contribution in [0, 0.1) is 0 Å². The maximum atomic E-state index is 8.56. The van der Waals surface area contributed by atoms with Gasteiger partial charge in [0.25, 0.3) is 0 Å². The van der Waals surface area contributed by atoms with Gasteiger partial charge < -0.3 is 115 Å². The van der Waals surface area contributed by atoms with Crippen molar-refractivity contribution in [3.8, 4) is 0 Å². The Morgan fingerprint density at radius 2 is 0.346 bits per heavy atom. The van der Waals surface area contributed by atoms with Crippen molar-refractivity contribution in [1.29, 1.82) is 0 Å². The zero-order valence-electron chi connectivity index (χ0n) is 14.1. The first-order chi connectivity index (χ1) is 3.46. The molecular weight excluding hydrogens is 415 g/mol. The summed E-state index contributed by atoms with van der Waals surface area (Å²) in [7, 11) is 0. The molecule has 0 atom stereocenters. The van der Waals surface area contributed by atoms with Gasteiger partial charge in [-0.05, 0) is 0 Å². The molecule has 26 heavy (non-hydrogen) atoms. The number of hydrogen-bond acceptors (Lipinski definition) is 2. The second-order valence-electron chi connectivity index (χ2n) is 0.565. The first-order valence-corrected chi connectivity index (χ1v) is 1.30. The smallest absolute Gasteiger partial charge is 1.00 e. The van der Waals surface area contributed by atoms with E-state index in [1.807, 2.05) is 0 Å². The van der Waals surface area contributed by atoms with Crippen molar-refractivity contribution in [2.24, 2.45) is 0 Å². The molecule has 0 bridgehead atoms. The maximum absolute atomic E-state index is 8.56. The minimum atomic E-state index is -1.83. The van der Waals surface area contributed by atoms with Gasteiger partial charge in [-0.3, -0.25) is 0 Å². The van der Waals surface area contributed by atoms with Crippen LogP contribution in [-0.2, 0) is 0 Å². The van der Waals surface area contributed by atoms with E-state index >= 15 is 0 Å². The van der Waals surface area contributed by atoms with E-state index in [9.17, 15) is 0 Å². The molecule has 38 N–H and O–H groups in total. The predicted molar refractivity (Wildman–Crippen MR) is 83.9 cm³/mol. The minimum Gasteiger partial charge on any atom is -1.00 e. The van der Waals surface area contributed by atoms with Crippen LogP contribution in [0.1, 0.15) is 1.43 Å². The fourth-order valence-corrected chi connectivity index (χ4v) is 0. The Labute approximate surface area is 167 Å². The summed E-state index contributed by atoms with van der Waals surface area (Å²) in [6.07, 6.45) is -3.67. The number of hydrogen-bond donors (Lipinski definition) is 4. The Bertz CT molecular complexity index is 80.4. The number of rotatable bonds is 0. The fraction of sp³-hybridized carbons (Fsp3) is 0. The molecule has 186 valence electrons.